The largest absolute Gasteiger partial charge is 0.492 e. The van der Waals surface area contributed by atoms with Crippen LogP contribution in [0.4, 0.5) is 0 Å². The van der Waals surface area contributed by atoms with Crippen LogP contribution in [0.25, 0.3) is 0 Å². The van der Waals surface area contributed by atoms with Crippen LogP contribution in [0.1, 0.15) is 11.1 Å². The standard InChI is InChI=1S/C16H18OS/c1-13-8-9-16(14(2)12-13)17-10-11-18-15-6-4-3-5-7-15/h3-9,12H,10-11H2,1-2H3. The van der Waals surface area contributed by atoms with Crippen molar-refractivity contribution in [3.63, 3.8) is 0 Å². The van der Waals surface area contributed by atoms with Crippen molar-refractivity contribution in [2.45, 2.75) is 18.7 Å². The molecule has 0 heterocycles. The van der Waals surface area contributed by atoms with Crippen LogP contribution in [-0.4, -0.2) is 12.4 Å². The zero-order valence-corrected chi connectivity index (χ0v) is 11.7. The van der Waals surface area contributed by atoms with Crippen molar-refractivity contribution < 1.29 is 4.74 Å². The van der Waals surface area contributed by atoms with E-state index in [2.05, 4.69) is 56.3 Å². The maximum absolute atomic E-state index is 5.79. The average Bonchev–Trinajstić information content (AvgIpc) is 2.38. The van der Waals surface area contributed by atoms with E-state index in [0.29, 0.717) is 0 Å². The van der Waals surface area contributed by atoms with Gasteiger partial charge in [0.15, 0.2) is 0 Å². The third kappa shape index (κ3) is 3.81. The highest BCUT2D eigenvalue weighted by atomic mass is 32.2. The molecule has 0 aliphatic heterocycles. The molecule has 0 aliphatic rings. The van der Waals surface area contributed by atoms with Crippen LogP contribution in [0.15, 0.2) is 53.4 Å². The van der Waals surface area contributed by atoms with E-state index in [-0.39, 0.29) is 0 Å². The topological polar surface area (TPSA) is 9.23 Å². The van der Waals surface area contributed by atoms with Gasteiger partial charge in [0.05, 0.1) is 6.61 Å². The van der Waals surface area contributed by atoms with Crippen molar-refractivity contribution in [1.29, 1.82) is 0 Å². The number of thioether (sulfide) groups is 1. The van der Waals surface area contributed by atoms with Gasteiger partial charge < -0.3 is 4.74 Å². The van der Waals surface area contributed by atoms with Gasteiger partial charge in [-0.25, -0.2) is 0 Å². The van der Waals surface area contributed by atoms with Crippen molar-refractivity contribution in [2.75, 3.05) is 12.4 Å². The normalized spacial score (nSPS) is 10.3. The van der Waals surface area contributed by atoms with Crippen LogP contribution in [-0.2, 0) is 0 Å². The van der Waals surface area contributed by atoms with Gasteiger partial charge in [-0.05, 0) is 37.6 Å². The second kappa shape index (κ2) is 6.50. The van der Waals surface area contributed by atoms with Crippen LogP contribution >= 0.6 is 11.8 Å². The Morgan fingerprint density at radius 2 is 1.78 bits per heavy atom. The molecule has 0 bridgehead atoms. The molecule has 2 aromatic rings. The molecule has 0 amide bonds. The highest BCUT2D eigenvalue weighted by Crippen LogP contribution is 2.20. The van der Waals surface area contributed by atoms with Gasteiger partial charge in [0.1, 0.15) is 5.75 Å². The summed E-state index contributed by atoms with van der Waals surface area (Å²) in [6, 6.07) is 16.7. The molecule has 0 atom stereocenters. The van der Waals surface area contributed by atoms with E-state index in [9.17, 15) is 0 Å². The lowest BCUT2D eigenvalue weighted by atomic mass is 10.1. The van der Waals surface area contributed by atoms with E-state index in [1.165, 1.54) is 16.0 Å². The molecule has 2 aromatic carbocycles. The maximum Gasteiger partial charge on any atom is 0.122 e. The molecular formula is C16H18OS. The molecule has 94 valence electrons. The lowest BCUT2D eigenvalue weighted by molar-refractivity contribution is 0.341. The van der Waals surface area contributed by atoms with E-state index in [1.54, 1.807) is 0 Å². The van der Waals surface area contributed by atoms with Gasteiger partial charge in [-0.15, -0.1) is 11.8 Å². The van der Waals surface area contributed by atoms with Crippen molar-refractivity contribution in [2.24, 2.45) is 0 Å². The molecule has 0 radical (unpaired) electrons. The summed E-state index contributed by atoms with van der Waals surface area (Å²) >= 11 is 1.82. The Hall–Kier alpha value is -1.41. The number of hydrogen-bond donors (Lipinski definition) is 0. The van der Waals surface area contributed by atoms with Gasteiger partial charge in [0.2, 0.25) is 0 Å². The molecule has 0 saturated heterocycles. The minimum absolute atomic E-state index is 0.740. The molecule has 0 unspecified atom stereocenters. The monoisotopic (exact) mass is 258 g/mol. The summed E-state index contributed by atoms with van der Waals surface area (Å²) in [6.45, 7) is 4.93. The molecule has 0 saturated carbocycles. The van der Waals surface area contributed by atoms with E-state index in [0.717, 1.165) is 18.1 Å². The Morgan fingerprint density at radius 3 is 2.50 bits per heavy atom. The summed E-state index contributed by atoms with van der Waals surface area (Å²) < 4.78 is 5.79. The first-order valence-electron chi connectivity index (χ1n) is 6.13. The first kappa shape index (κ1) is 13.0. The first-order chi connectivity index (χ1) is 8.75. The molecule has 0 N–H and O–H groups in total. The van der Waals surface area contributed by atoms with Crippen molar-refractivity contribution >= 4 is 11.8 Å². The summed E-state index contributed by atoms with van der Waals surface area (Å²) in [4.78, 5) is 1.29. The van der Waals surface area contributed by atoms with Crippen LogP contribution in [0, 0.1) is 13.8 Å². The minimum Gasteiger partial charge on any atom is -0.492 e. The molecule has 0 spiro atoms. The zero-order chi connectivity index (χ0) is 12.8. The number of rotatable bonds is 5. The molecule has 18 heavy (non-hydrogen) atoms. The fourth-order valence-corrected chi connectivity index (χ4v) is 2.54. The molecule has 0 aromatic heterocycles. The number of ether oxygens (including phenoxy) is 1. The number of hydrogen-bond acceptors (Lipinski definition) is 2. The Labute approximate surface area is 113 Å². The molecule has 1 nitrogen and oxygen atoms in total. The molecule has 0 fully saturated rings. The van der Waals surface area contributed by atoms with Crippen LogP contribution < -0.4 is 4.74 Å². The minimum atomic E-state index is 0.740. The van der Waals surface area contributed by atoms with E-state index < -0.39 is 0 Å². The zero-order valence-electron chi connectivity index (χ0n) is 10.8. The van der Waals surface area contributed by atoms with Crippen molar-refractivity contribution in [1.82, 2.24) is 0 Å². The van der Waals surface area contributed by atoms with Gasteiger partial charge >= 0.3 is 0 Å². The SMILES string of the molecule is Cc1ccc(OCCSc2ccccc2)c(C)c1. The molecule has 2 rings (SSSR count). The van der Waals surface area contributed by atoms with Gasteiger partial charge in [-0.1, -0.05) is 35.9 Å². The highest BCUT2D eigenvalue weighted by molar-refractivity contribution is 7.99. The number of aryl methyl sites for hydroxylation is 2. The lowest BCUT2D eigenvalue weighted by Crippen LogP contribution is -2.01. The molecule has 2 heteroatoms. The van der Waals surface area contributed by atoms with E-state index >= 15 is 0 Å². The third-order valence-corrected chi connectivity index (χ3v) is 3.66. The fraction of sp³-hybridized carbons (Fsp3) is 0.250. The second-order valence-corrected chi connectivity index (χ2v) is 5.45. The van der Waals surface area contributed by atoms with Gasteiger partial charge in [0, 0.05) is 10.6 Å². The van der Waals surface area contributed by atoms with E-state index in [1.807, 2.05) is 17.8 Å². The summed E-state index contributed by atoms with van der Waals surface area (Å²) in [5, 5.41) is 0. The van der Waals surface area contributed by atoms with Crippen LogP contribution in [0.2, 0.25) is 0 Å². The number of benzene rings is 2. The fourth-order valence-electron chi connectivity index (χ4n) is 1.79. The Balaban J connectivity index is 1.79. The molecule has 0 aliphatic carbocycles. The Morgan fingerprint density at radius 1 is 1.00 bits per heavy atom. The average molecular weight is 258 g/mol. The van der Waals surface area contributed by atoms with Gasteiger partial charge in [-0.2, -0.15) is 0 Å². The van der Waals surface area contributed by atoms with Crippen LogP contribution in [0.5, 0.6) is 5.75 Å². The Bertz CT molecular complexity index is 494. The summed E-state index contributed by atoms with van der Waals surface area (Å²) in [6.07, 6.45) is 0. The van der Waals surface area contributed by atoms with Crippen molar-refractivity contribution in [3.05, 3.63) is 59.7 Å². The van der Waals surface area contributed by atoms with E-state index in [4.69, 9.17) is 4.74 Å². The Kier molecular flexibility index (Phi) is 4.71. The maximum atomic E-state index is 5.79. The molecular weight excluding hydrogens is 240 g/mol. The quantitative estimate of drug-likeness (QED) is 0.578. The highest BCUT2D eigenvalue weighted by Gasteiger charge is 1.99. The summed E-state index contributed by atoms with van der Waals surface area (Å²) in [7, 11) is 0. The third-order valence-electron chi connectivity index (χ3n) is 2.68. The van der Waals surface area contributed by atoms with Crippen molar-refractivity contribution in [3.8, 4) is 5.75 Å². The second-order valence-electron chi connectivity index (χ2n) is 4.28. The summed E-state index contributed by atoms with van der Waals surface area (Å²) in [5.74, 6) is 1.96. The predicted molar refractivity (Wildman–Crippen MR) is 78.6 cm³/mol. The smallest absolute Gasteiger partial charge is 0.122 e. The van der Waals surface area contributed by atoms with Gasteiger partial charge in [0.25, 0.3) is 0 Å². The van der Waals surface area contributed by atoms with Gasteiger partial charge in [-0.3, -0.25) is 0 Å². The summed E-state index contributed by atoms with van der Waals surface area (Å²) in [5.41, 5.74) is 2.48. The lowest BCUT2D eigenvalue weighted by Gasteiger charge is -2.09. The predicted octanol–water partition coefficient (Wildman–Crippen LogP) is 4.47. The van der Waals surface area contributed by atoms with Crippen LogP contribution in [0.3, 0.4) is 0 Å². The first-order valence-corrected chi connectivity index (χ1v) is 7.12.